The van der Waals surface area contributed by atoms with E-state index in [0.29, 0.717) is 17.4 Å². The summed E-state index contributed by atoms with van der Waals surface area (Å²) < 4.78 is 0.581. The predicted octanol–water partition coefficient (Wildman–Crippen LogP) is 4.62. The molecule has 0 heterocycles. The van der Waals surface area contributed by atoms with Crippen molar-refractivity contribution >= 4 is 5.97 Å². The van der Waals surface area contributed by atoms with Crippen molar-refractivity contribution in [3.05, 3.63) is 12.2 Å². The molecule has 4 nitrogen and oxygen atoms in total. The maximum Gasteiger partial charge on any atom is 0.309 e. The van der Waals surface area contributed by atoms with Gasteiger partial charge in [0.1, 0.15) is 12.6 Å². The van der Waals surface area contributed by atoms with E-state index in [2.05, 4.69) is 19.1 Å². The van der Waals surface area contributed by atoms with Crippen molar-refractivity contribution in [3.63, 3.8) is 0 Å². The summed E-state index contributed by atoms with van der Waals surface area (Å²) >= 11 is 0. The van der Waals surface area contributed by atoms with Crippen LogP contribution in [-0.2, 0) is 4.79 Å². The lowest BCUT2D eigenvalue weighted by atomic mass is 9.94. The summed E-state index contributed by atoms with van der Waals surface area (Å²) in [5.41, 5.74) is 0. The Morgan fingerprint density at radius 2 is 1.44 bits per heavy atom. The Morgan fingerprint density at radius 3 is 1.96 bits per heavy atom. The second kappa shape index (κ2) is 14.3. The lowest BCUT2D eigenvalue weighted by Crippen LogP contribution is -2.45. The molecule has 0 saturated heterocycles. The smallest absolute Gasteiger partial charge is 0.309 e. The number of quaternary nitrogens is 1. The number of rotatable bonds is 16. The van der Waals surface area contributed by atoms with Crippen LogP contribution in [0.2, 0.25) is 0 Å². The number of unbranched alkanes of at least 4 members (excludes halogenated alkanes) is 8. The highest BCUT2D eigenvalue weighted by Crippen LogP contribution is 2.18. The van der Waals surface area contributed by atoms with E-state index in [1.54, 1.807) is 0 Å². The number of aliphatic hydroxyl groups is 1. The molecule has 0 fully saturated rings. The van der Waals surface area contributed by atoms with Crippen LogP contribution in [-0.4, -0.2) is 54.5 Å². The Hall–Kier alpha value is -0.870. The van der Waals surface area contributed by atoms with Gasteiger partial charge in [0, 0.05) is 0 Å². The van der Waals surface area contributed by atoms with Gasteiger partial charge in [-0.15, -0.1) is 0 Å². The van der Waals surface area contributed by atoms with E-state index in [-0.39, 0.29) is 0 Å². The van der Waals surface area contributed by atoms with Gasteiger partial charge in [0.15, 0.2) is 0 Å². The molecule has 2 atom stereocenters. The number of aliphatic hydroxyl groups excluding tert-OH is 1. The Kier molecular flexibility index (Phi) is 13.8. The maximum atomic E-state index is 11.4. The normalized spacial score (nSPS) is 14.8. The summed E-state index contributed by atoms with van der Waals surface area (Å²) in [6, 6.07) is 0. The number of aliphatic carboxylic acids is 1. The van der Waals surface area contributed by atoms with E-state index in [1.807, 2.05) is 21.1 Å². The average Bonchev–Trinajstić information content (AvgIpc) is 2.49. The van der Waals surface area contributed by atoms with Crippen LogP contribution in [0.25, 0.3) is 0 Å². The molecule has 0 aromatic rings. The number of carboxylic acid groups (broad SMARTS) is 1. The van der Waals surface area contributed by atoms with Crippen LogP contribution in [0, 0.1) is 5.92 Å². The zero-order valence-corrected chi connectivity index (χ0v) is 17.0. The van der Waals surface area contributed by atoms with Gasteiger partial charge in [-0.25, -0.2) is 0 Å². The van der Waals surface area contributed by atoms with E-state index in [9.17, 15) is 15.0 Å². The van der Waals surface area contributed by atoms with Crippen LogP contribution < -0.4 is 0 Å². The first-order valence-electron chi connectivity index (χ1n) is 10.1. The van der Waals surface area contributed by atoms with Crippen molar-refractivity contribution in [3.8, 4) is 0 Å². The van der Waals surface area contributed by atoms with Crippen LogP contribution in [0.4, 0.5) is 0 Å². The third-order valence-corrected chi connectivity index (χ3v) is 4.54. The molecule has 0 aliphatic heterocycles. The molecule has 148 valence electrons. The Balaban J connectivity index is 3.73. The number of carboxylic acids is 1. The quantitative estimate of drug-likeness (QED) is 0.241. The maximum absolute atomic E-state index is 11.4. The molecule has 0 aliphatic rings. The molecule has 0 aromatic carbocycles. The van der Waals surface area contributed by atoms with Gasteiger partial charge in [0.25, 0.3) is 0 Å². The number of hydrogen-bond acceptors (Lipinski definition) is 2. The van der Waals surface area contributed by atoms with Crippen molar-refractivity contribution in [2.45, 2.75) is 83.7 Å². The fourth-order valence-corrected chi connectivity index (χ4v) is 3.06. The van der Waals surface area contributed by atoms with Gasteiger partial charge in [-0.1, -0.05) is 64.0 Å². The number of carbonyl (C=O) groups is 1. The monoisotopic (exact) mass is 356 g/mol. The largest absolute Gasteiger partial charge is 0.481 e. The Morgan fingerprint density at radius 1 is 0.920 bits per heavy atom. The van der Waals surface area contributed by atoms with Gasteiger partial charge >= 0.3 is 5.97 Å². The molecular formula is C21H42NO3+. The summed E-state index contributed by atoms with van der Waals surface area (Å²) in [5, 5.41) is 19.5. The minimum Gasteiger partial charge on any atom is -0.481 e. The summed E-state index contributed by atoms with van der Waals surface area (Å²) in [6.07, 6.45) is 16.2. The van der Waals surface area contributed by atoms with Gasteiger partial charge in [-0.2, -0.15) is 0 Å². The van der Waals surface area contributed by atoms with E-state index in [0.717, 1.165) is 19.3 Å². The standard InChI is InChI=1S/C21H41NO3/c1-5-6-7-8-9-10-11-12-13-14-15-16-17-19(21(24)25)20(23)18-22(2,3)4/h8-9,19-20,23H,5-7,10-18H2,1-4H3/p+1. The molecule has 25 heavy (non-hydrogen) atoms. The lowest BCUT2D eigenvalue weighted by Gasteiger charge is -2.29. The van der Waals surface area contributed by atoms with Crippen LogP contribution in [0.3, 0.4) is 0 Å². The first-order valence-corrected chi connectivity index (χ1v) is 10.1. The van der Waals surface area contributed by atoms with Gasteiger partial charge in [0.2, 0.25) is 0 Å². The van der Waals surface area contributed by atoms with Crippen molar-refractivity contribution in [1.82, 2.24) is 0 Å². The van der Waals surface area contributed by atoms with Crippen molar-refractivity contribution in [2.75, 3.05) is 27.7 Å². The average molecular weight is 357 g/mol. The highest BCUT2D eigenvalue weighted by atomic mass is 16.4. The van der Waals surface area contributed by atoms with Gasteiger partial charge in [-0.05, 0) is 25.7 Å². The fraction of sp³-hybridized carbons (Fsp3) is 0.857. The highest BCUT2D eigenvalue weighted by molar-refractivity contribution is 5.70. The van der Waals surface area contributed by atoms with Gasteiger partial charge in [0.05, 0.1) is 27.1 Å². The molecular weight excluding hydrogens is 314 g/mol. The van der Waals surface area contributed by atoms with Crippen LogP contribution >= 0.6 is 0 Å². The molecule has 0 amide bonds. The van der Waals surface area contributed by atoms with Crippen LogP contribution in [0.15, 0.2) is 12.2 Å². The predicted molar refractivity (Wildman–Crippen MR) is 106 cm³/mol. The third-order valence-electron chi connectivity index (χ3n) is 4.54. The van der Waals surface area contributed by atoms with Crippen molar-refractivity contribution < 1.29 is 19.5 Å². The molecule has 0 aliphatic carbocycles. The highest BCUT2D eigenvalue weighted by Gasteiger charge is 2.30. The second-order valence-electron chi connectivity index (χ2n) is 8.30. The molecule has 2 N–H and O–H groups in total. The molecule has 0 saturated carbocycles. The van der Waals surface area contributed by atoms with Gasteiger partial charge < -0.3 is 14.7 Å². The van der Waals surface area contributed by atoms with E-state index in [1.165, 1.54) is 44.9 Å². The molecule has 0 radical (unpaired) electrons. The molecule has 0 spiro atoms. The van der Waals surface area contributed by atoms with E-state index in [4.69, 9.17) is 0 Å². The second-order valence-corrected chi connectivity index (χ2v) is 8.30. The summed E-state index contributed by atoms with van der Waals surface area (Å²) in [5.74, 6) is -1.50. The molecule has 0 rings (SSSR count). The van der Waals surface area contributed by atoms with Crippen LogP contribution in [0.1, 0.15) is 77.6 Å². The summed E-state index contributed by atoms with van der Waals surface area (Å²) in [4.78, 5) is 11.4. The van der Waals surface area contributed by atoms with Crippen molar-refractivity contribution in [2.24, 2.45) is 5.92 Å². The Labute approximate surface area is 155 Å². The topological polar surface area (TPSA) is 57.5 Å². The minimum atomic E-state index is -0.865. The third kappa shape index (κ3) is 15.1. The summed E-state index contributed by atoms with van der Waals surface area (Å²) in [6.45, 7) is 2.69. The van der Waals surface area contributed by atoms with Crippen molar-refractivity contribution in [1.29, 1.82) is 0 Å². The Bertz CT molecular complexity index is 361. The fourth-order valence-electron chi connectivity index (χ4n) is 3.06. The van der Waals surface area contributed by atoms with E-state index >= 15 is 0 Å². The zero-order valence-electron chi connectivity index (χ0n) is 17.0. The van der Waals surface area contributed by atoms with E-state index < -0.39 is 18.0 Å². The molecule has 2 unspecified atom stereocenters. The first-order chi connectivity index (χ1) is 11.8. The molecule has 0 aromatic heterocycles. The first kappa shape index (κ1) is 24.1. The van der Waals surface area contributed by atoms with Crippen LogP contribution in [0.5, 0.6) is 0 Å². The summed E-state index contributed by atoms with van der Waals surface area (Å²) in [7, 11) is 5.92. The van der Waals surface area contributed by atoms with Gasteiger partial charge in [-0.3, -0.25) is 4.79 Å². The molecule has 4 heteroatoms. The number of likely N-dealkylation sites (N-methyl/N-ethyl adjacent to an activating group) is 1. The molecule has 0 bridgehead atoms. The minimum absolute atomic E-state index is 0.475. The zero-order chi connectivity index (χ0) is 19.1. The number of allylic oxidation sites excluding steroid dienone is 2. The number of nitrogens with zero attached hydrogens (tertiary/aromatic N) is 1. The number of hydrogen-bond donors (Lipinski definition) is 2. The lowest BCUT2D eigenvalue weighted by molar-refractivity contribution is -0.874. The SMILES string of the molecule is CCCCC=CCCCCCCCCC(C(=O)O)C(O)C[N+](C)(C)C.